The van der Waals surface area contributed by atoms with E-state index in [1.807, 2.05) is 0 Å². The summed E-state index contributed by atoms with van der Waals surface area (Å²) in [4.78, 5) is 2.56. The summed E-state index contributed by atoms with van der Waals surface area (Å²) in [6, 6.07) is 6.45. The van der Waals surface area contributed by atoms with Gasteiger partial charge in [0.05, 0.1) is 19.3 Å². The van der Waals surface area contributed by atoms with Crippen molar-refractivity contribution in [3.63, 3.8) is 0 Å². The molecule has 0 amide bonds. The summed E-state index contributed by atoms with van der Waals surface area (Å²) in [5, 5.41) is 0. The minimum Gasteiger partial charge on any atom is -0.496 e. The Morgan fingerprint density at radius 2 is 2.00 bits per heavy atom. The zero-order valence-corrected chi connectivity index (χ0v) is 14.5. The van der Waals surface area contributed by atoms with E-state index in [1.54, 1.807) is 14.2 Å². The summed E-state index contributed by atoms with van der Waals surface area (Å²) in [5.41, 5.74) is 2.65. The SMILES string of the molecule is COCc1cc(CN2CCC[C@]3(CCCO3)CC2)ccc1OC. The van der Waals surface area contributed by atoms with Crippen molar-refractivity contribution in [3.05, 3.63) is 29.3 Å². The molecule has 1 aromatic carbocycles. The number of rotatable bonds is 5. The lowest BCUT2D eigenvalue weighted by molar-refractivity contribution is -0.00737. The highest BCUT2D eigenvalue weighted by Crippen LogP contribution is 2.36. The van der Waals surface area contributed by atoms with E-state index in [1.165, 1.54) is 37.7 Å². The Morgan fingerprint density at radius 1 is 1.13 bits per heavy atom. The molecule has 4 heteroatoms. The van der Waals surface area contributed by atoms with Gasteiger partial charge in [0, 0.05) is 32.4 Å². The van der Waals surface area contributed by atoms with Crippen LogP contribution in [0.25, 0.3) is 0 Å². The molecule has 3 rings (SSSR count). The zero-order chi connectivity index (χ0) is 16.1. The lowest BCUT2D eigenvalue weighted by Crippen LogP contribution is -2.30. The van der Waals surface area contributed by atoms with Crippen molar-refractivity contribution in [2.45, 2.75) is 50.9 Å². The van der Waals surface area contributed by atoms with Crippen LogP contribution in [0.1, 0.15) is 43.2 Å². The molecule has 0 radical (unpaired) electrons. The van der Waals surface area contributed by atoms with E-state index >= 15 is 0 Å². The fraction of sp³-hybridized carbons (Fsp3) is 0.684. The molecule has 1 atom stereocenters. The predicted octanol–water partition coefficient (Wildman–Crippen LogP) is 3.38. The first-order valence-electron chi connectivity index (χ1n) is 8.76. The fourth-order valence-corrected chi connectivity index (χ4v) is 3.99. The van der Waals surface area contributed by atoms with E-state index in [4.69, 9.17) is 14.2 Å². The van der Waals surface area contributed by atoms with Gasteiger partial charge < -0.3 is 14.2 Å². The Labute approximate surface area is 139 Å². The van der Waals surface area contributed by atoms with Gasteiger partial charge >= 0.3 is 0 Å². The Bertz CT molecular complexity index is 511. The largest absolute Gasteiger partial charge is 0.496 e. The number of ether oxygens (including phenoxy) is 3. The first kappa shape index (κ1) is 16.7. The van der Waals surface area contributed by atoms with Crippen LogP contribution in [-0.4, -0.2) is 44.4 Å². The first-order chi connectivity index (χ1) is 11.2. The summed E-state index contributed by atoms with van der Waals surface area (Å²) in [7, 11) is 3.44. The molecule has 2 saturated heterocycles. The van der Waals surface area contributed by atoms with Crippen LogP contribution in [-0.2, 0) is 22.6 Å². The second-order valence-electron chi connectivity index (χ2n) is 6.84. The van der Waals surface area contributed by atoms with E-state index in [0.29, 0.717) is 6.61 Å². The molecular formula is C19H29NO3. The van der Waals surface area contributed by atoms with Gasteiger partial charge in [0.2, 0.25) is 0 Å². The van der Waals surface area contributed by atoms with E-state index in [9.17, 15) is 0 Å². The predicted molar refractivity (Wildman–Crippen MR) is 90.8 cm³/mol. The standard InChI is InChI=1S/C19H29NO3/c1-21-15-17-13-16(5-6-18(17)22-2)14-20-10-3-7-19(9-11-20)8-4-12-23-19/h5-6,13H,3-4,7-12,14-15H2,1-2H3/t19-/m0/s1. The van der Waals surface area contributed by atoms with Crippen LogP contribution in [0.5, 0.6) is 5.75 Å². The number of benzene rings is 1. The number of nitrogens with zero attached hydrogens (tertiary/aromatic N) is 1. The minimum absolute atomic E-state index is 0.190. The van der Waals surface area contributed by atoms with Crippen molar-refractivity contribution in [2.75, 3.05) is 33.9 Å². The average molecular weight is 319 g/mol. The van der Waals surface area contributed by atoms with Crippen molar-refractivity contribution in [1.29, 1.82) is 0 Å². The number of methoxy groups -OCH3 is 2. The number of likely N-dealkylation sites (tertiary alicyclic amines) is 1. The summed E-state index contributed by atoms with van der Waals surface area (Å²) >= 11 is 0. The Balaban J connectivity index is 1.63. The average Bonchev–Trinajstić information content (AvgIpc) is 2.93. The zero-order valence-electron chi connectivity index (χ0n) is 14.5. The monoisotopic (exact) mass is 319 g/mol. The topological polar surface area (TPSA) is 30.9 Å². The Hall–Kier alpha value is -1.10. The quantitative estimate of drug-likeness (QED) is 0.832. The maximum Gasteiger partial charge on any atom is 0.124 e. The van der Waals surface area contributed by atoms with Crippen molar-refractivity contribution in [3.8, 4) is 5.75 Å². The van der Waals surface area contributed by atoms with E-state index in [0.717, 1.165) is 37.6 Å². The summed E-state index contributed by atoms with van der Waals surface area (Å²) in [6.45, 7) is 4.84. The molecule has 2 aliphatic rings. The van der Waals surface area contributed by atoms with Crippen LogP contribution in [0.2, 0.25) is 0 Å². The van der Waals surface area contributed by atoms with Crippen LogP contribution in [0.3, 0.4) is 0 Å². The van der Waals surface area contributed by atoms with Crippen LogP contribution >= 0.6 is 0 Å². The Morgan fingerprint density at radius 3 is 2.74 bits per heavy atom. The molecule has 0 N–H and O–H groups in total. The molecule has 0 bridgehead atoms. The number of hydrogen-bond acceptors (Lipinski definition) is 4. The van der Waals surface area contributed by atoms with E-state index in [-0.39, 0.29) is 5.60 Å². The van der Waals surface area contributed by atoms with Gasteiger partial charge in [-0.1, -0.05) is 6.07 Å². The van der Waals surface area contributed by atoms with Gasteiger partial charge in [0.15, 0.2) is 0 Å². The second-order valence-corrected chi connectivity index (χ2v) is 6.84. The van der Waals surface area contributed by atoms with Crippen LogP contribution in [0.4, 0.5) is 0 Å². The van der Waals surface area contributed by atoms with E-state index in [2.05, 4.69) is 23.1 Å². The van der Waals surface area contributed by atoms with Crippen molar-refractivity contribution in [2.24, 2.45) is 0 Å². The van der Waals surface area contributed by atoms with Crippen LogP contribution < -0.4 is 4.74 Å². The third kappa shape index (κ3) is 4.06. The molecule has 128 valence electrons. The Kier molecular flexibility index (Phi) is 5.57. The molecule has 0 aliphatic carbocycles. The molecule has 2 heterocycles. The molecule has 0 saturated carbocycles. The maximum absolute atomic E-state index is 6.08. The molecule has 2 fully saturated rings. The van der Waals surface area contributed by atoms with Gasteiger partial charge in [-0.2, -0.15) is 0 Å². The first-order valence-corrected chi connectivity index (χ1v) is 8.76. The molecule has 1 spiro atoms. The lowest BCUT2D eigenvalue weighted by Gasteiger charge is -2.27. The smallest absolute Gasteiger partial charge is 0.124 e. The normalized spacial score (nSPS) is 25.7. The van der Waals surface area contributed by atoms with Crippen molar-refractivity contribution < 1.29 is 14.2 Å². The summed E-state index contributed by atoms with van der Waals surface area (Å²) in [6.07, 6.45) is 6.12. The van der Waals surface area contributed by atoms with Crippen molar-refractivity contribution in [1.82, 2.24) is 4.90 Å². The van der Waals surface area contributed by atoms with Gasteiger partial charge in [0.1, 0.15) is 5.75 Å². The molecule has 2 aliphatic heterocycles. The third-order valence-corrected chi connectivity index (χ3v) is 5.23. The molecule has 0 unspecified atom stereocenters. The molecule has 4 nitrogen and oxygen atoms in total. The van der Waals surface area contributed by atoms with Gasteiger partial charge in [-0.3, -0.25) is 4.90 Å². The highest BCUT2D eigenvalue weighted by atomic mass is 16.5. The molecule has 23 heavy (non-hydrogen) atoms. The van der Waals surface area contributed by atoms with Crippen molar-refractivity contribution >= 4 is 0 Å². The maximum atomic E-state index is 6.08. The molecule has 1 aromatic rings. The third-order valence-electron chi connectivity index (χ3n) is 5.23. The highest BCUT2D eigenvalue weighted by molar-refractivity contribution is 5.37. The summed E-state index contributed by atoms with van der Waals surface area (Å²) in [5.74, 6) is 0.907. The van der Waals surface area contributed by atoms with E-state index < -0.39 is 0 Å². The summed E-state index contributed by atoms with van der Waals surface area (Å²) < 4.78 is 16.8. The number of hydrogen-bond donors (Lipinski definition) is 0. The fourth-order valence-electron chi connectivity index (χ4n) is 3.99. The van der Waals surface area contributed by atoms with Gasteiger partial charge in [0.25, 0.3) is 0 Å². The highest BCUT2D eigenvalue weighted by Gasteiger charge is 2.36. The molecular weight excluding hydrogens is 290 g/mol. The van der Waals surface area contributed by atoms with Gasteiger partial charge in [-0.25, -0.2) is 0 Å². The van der Waals surface area contributed by atoms with Crippen LogP contribution in [0, 0.1) is 0 Å². The molecule has 0 aromatic heterocycles. The van der Waals surface area contributed by atoms with Gasteiger partial charge in [-0.15, -0.1) is 0 Å². The van der Waals surface area contributed by atoms with Crippen LogP contribution in [0.15, 0.2) is 18.2 Å². The lowest BCUT2D eigenvalue weighted by atomic mass is 9.92. The van der Waals surface area contributed by atoms with Gasteiger partial charge in [-0.05, 0) is 56.3 Å². The minimum atomic E-state index is 0.190. The second kappa shape index (κ2) is 7.65.